The average molecular weight is 210 g/mol. The third-order valence-electron chi connectivity index (χ3n) is 2.13. The molecule has 1 aromatic carbocycles. The Morgan fingerprint density at radius 2 is 2.20 bits per heavy atom. The van der Waals surface area contributed by atoms with E-state index in [0.717, 1.165) is 11.3 Å². The molecular formula is C11H15FN2O. The highest BCUT2D eigenvalue weighted by Gasteiger charge is 2.00. The maximum atomic E-state index is 12.8. The van der Waals surface area contributed by atoms with Crippen LogP contribution >= 0.6 is 0 Å². The van der Waals surface area contributed by atoms with Crippen LogP contribution in [0.25, 0.3) is 0 Å². The van der Waals surface area contributed by atoms with Crippen LogP contribution in [0.5, 0.6) is 0 Å². The summed E-state index contributed by atoms with van der Waals surface area (Å²) in [5, 5.41) is 5.61. The number of halogens is 1. The first-order valence-electron chi connectivity index (χ1n) is 4.84. The summed E-state index contributed by atoms with van der Waals surface area (Å²) in [6, 6.07) is 4.53. The molecule has 82 valence electrons. The lowest BCUT2D eigenvalue weighted by molar-refractivity contribution is -0.120. The molecule has 0 saturated carbocycles. The molecule has 0 aliphatic carbocycles. The zero-order valence-electron chi connectivity index (χ0n) is 8.93. The van der Waals surface area contributed by atoms with Crippen LogP contribution in [0.4, 0.5) is 10.1 Å². The van der Waals surface area contributed by atoms with Gasteiger partial charge in [-0.3, -0.25) is 4.79 Å². The molecule has 0 aliphatic heterocycles. The van der Waals surface area contributed by atoms with E-state index in [2.05, 4.69) is 10.6 Å². The smallest absolute Gasteiger partial charge is 0.221 e. The third kappa shape index (κ3) is 3.58. The summed E-state index contributed by atoms with van der Waals surface area (Å²) in [6.45, 7) is 2.37. The molecule has 2 N–H and O–H groups in total. The van der Waals surface area contributed by atoms with Crippen LogP contribution in [0.2, 0.25) is 0 Å². The van der Waals surface area contributed by atoms with Crippen molar-refractivity contribution < 1.29 is 9.18 Å². The Balaban J connectivity index is 2.47. The van der Waals surface area contributed by atoms with Gasteiger partial charge in [0.15, 0.2) is 0 Å². The zero-order chi connectivity index (χ0) is 11.3. The summed E-state index contributed by atoms with van der Waals surface area (Å²) in [5.74, 6) is -0.258. The van der Waals surface area contributed by atoms with Crippen LogP contribution in [0.3, 0.4) is 0 Å². The normalized spacial score (nSPS) is 9.80. The topological polar surface area (TPSA) is 41.1 Å². The van der Waals surface area contributed by atoms with Gasteiger partial charge in [-0.05, 0) is 30.7 Å². The van der Waals surface area contributed by atoms with Gasteiger partial charge in [0, 0.05) is 25.7 Å². The highest BCUT2D eigenvalue weighted by Crippen LogP contribution is 2.15. The SMILES string of the molecule is CNC(=O)CCNc1ccc(F)cc1C. The number of hydrogen-bond acceptors (Lipinski definition) is 2. The molecule has 1 aromatic rings. The molecule has 0 unspecified atom stereocenters. The fraction of sp³-hybridized carbons (Fsp3) is 0.364. The lowest BCUT2D eigenvalue weighted by atomic mass is 10.2. The van der Waals surface area contributed by atoms with Crippen LogP contribution in [0.15, 0.2) is 18.2 Å². The highest BCUT2D eigenvalue weighted by atomic mass is 19.1. The fourth-order valence-electron chi connectivity index (χ4n) is 1.26. The summed E-state index contributed by atoms with van der Waals surface area (Å²) in [6.07, 6.45) is 0.410. The van der Waals surface area contributed by atoms with Crippen molar-refractivity contribution >= 4 is 11.6 Å². The van der Waals surface area contributed by atoms with Gasteiger partial charge in [0.1, 0.15) is 5.82 Å². The van der Waals surface area contributed by atoms with Crippen LogP contribution in [-0.2, 0) is 4.79 Å². The second-order valence-electron chi connectivity index (χ2n) is 3.31. The summed E-state index contributed by atoms with van der Waals surface area (Å²) in [5.41, 5.74) is 1.70. The van der Waals surface area contributed by atoms with Crippen LogP contribution in [0.1, 0.15) is 12.0 Å². The van der Waals surface area contributed by atoms with Crippen LogP contribution in [-0.4, -0.2) is 19.5 Å². The summed E-state index contributed by atoms with van der Waals surface area (Å²) >= 11 is 0. The monoisotopic (exact) mass is 210 g/mol. The molecule has 0 bridgehead atoms. The van der Waals surface area contributed by atoms with Crippen molar-refractivity contribution in [1.29, 1.82) is 0 Å². The van der Waals surface area contributed by atoms with Gasteiger partial charge in [-0.25, -0.2) is 4.39 Å². The van der Waals surface area contributed by atoms with Crippen LogP contribution < -0.4 is 10.6 Å². The second-order valence-corrected chi connectivity index (χ2v) is 3.31. The molecule has 0 heterocycles. The minimum Gasteiger partial charge on any atom is -0.384 e. The first-order valence-corrected chi connectivity index (χ1v) is 4.84. The van der Waals surface area contributed by atoms with E-state index in [-0.39, 0.29) is 11.7 Å². The van der Waals surface area contributed by atoms with Crippen molar-refractivity contribution in [3.8, 4) is 0 Å². The Morgan fingerprint density at radius 1 is 1.47 bits per heavy atom. The molecular weight excluding hydrogens is 195 g/mol. The minimum atomic E-state index is -0.246. The van der Waals surface area contributed by atoms with Gasteiger partial charge in [-0.2, -0.15) is 0 Å². The average Bonchev–Trinajstić information content (AvgIpc) is 2.21. The van der Waals surface area contributed by atoms with Crippen molar-refractivity contribution in [2.45, 2.75) is 13.3 Å². The third-order valence-corrected chi connectivity index (χ3v) is 2.13. The number of carbonyl (C=O) groups is 1. The quantitative estimate of drug-likeness (QED) is 0.794. The van der Waals surface area contributed by atoms with Gasteiger partial charge in [-0.15, -0.1) is 0 Å². The number of hydrogen-bond donors (Lipinski definition) is 2. The maximum absolute atomic E-state index is 12.8. The summed E-state index contributed by atoms with van der Waals surface area (Å²) in [7, 11) is 1.60. The van der Waals surface area contributed by atoms with E-state index in [9.17, 15) is 9.18 Å². The van der Waals surface area contributed by atoms with Crippen molar-refractivity contribution in [3.63, 3.8) is 0 Å². The Kier molecular flexibility index (Phi) is 4.09. The molecule has 4 heteroatoms. The largest absolute Gasteiger partial charge is 0.384 e. The number of amides is 1. The van der Waals surface area contributed by atoms with E-state index < -0.39 is 0 Å². The van der Waals surface area contributed by atoms with E-state index in [1.807, 2.05) is 6.92 Å². The summed E-state index contributed by atoms with van der Waals surface area (Å²) in [4.78, 5) is 10.9. The maximum Gasteiger partial charge on any atom is 0.221 e. The molecule has 0 fully saturated rings. The summed E-state index contributed by atoms with van der Waals surface area (Å²) < 4.78 is 12.8. The van der Waals surface area contributed by atoms with E-state index in [1.54, 1.807) is 13.1 Å². The number of benzene rings is 1. The molecule has 3 nitrogen and oxygen atoms in total. The second kappa shape index (κ2) is 5.34. The van der Waals surface area contributed by atoms with Crippen molar-refractivity contribution in [3.05, 3.63) is 29.6 Å². The van der Waals surface area contributed by atoms with Gasteiger partial charge in [0.2, 0.25) is 5.91 Å². The number of nitrogens with one attached hydrogen (secondary N) is 2. The van der Waals surface area contributed by atoms with Gasteiger partial charge in [-0.1, -0.05) is 0 Å². The zero-order valence-corrected chi connectivity index (χ0v) is 8.93. The van der Waals surface area contributed by atoms with Gasteiger partial charge in [0.05, 0.1) is 0 Å². The Labute approximate surface area is 88.7 Å². The van der Waals surface area contributed by atoms with Crippen molar-refractivity contribution in [2.75, 3.05) is 18.9 Å². The molecule has 1 rings (SSSR count). The molecule has 15 heavy (non-hydrogen) atoms. The number of anilines is 1. The van der Waals surface area contributed by atoms with Crippen molar-refractivity contribution in [2.24, 2.45) is 0 Å². The van der Waals surface area contributed by atoms with Crippen LogP contribution in [0, 0.1) is 12.7 Å². The van der Waals surface area contributed by atoms with Gasteiger partial charge < -0.3 is 10.6 Å². The molecule has 0 aromatic heterocycles. The predicted molar refractivity (Wildman–Crippen MR) is 58.3 cm³/mol. The van der Waals surface area contributed by atoms with E-state index in [0.29, 0.717) is 13.0 Å². The molecule has 0 radical (unpaired) electrons. The Hall–Kier alpha value is -1.58. The Bertz CT molecular complexity index is 352. The number of carbonyl (C=O) groups excluding carboxylic acids is 1. The van der Waals surface area contributed by atoms with Crippen molar-refractivity contribution in [1.82, 2.24) is 5.32 Å². The predicted octanol–water partition coefficient (Wildman–Crippen LogP) is 1.68. The molecule has 1 amide bonds. The van der Waals surface area contributed by atoms with E-state index >= 15 is 0 Å². The standard InChI is InChI=1S/C11H15FN2O/c1-8-7-9(12)3-4-10(8)14-6-5-11(15)13-2/h3-4,7,14H,5-6H2,1-2H3,(H,13,15). The van der Waals surface area contributed by atoms with Gasteiger partial charge in [0.25, 0.3) is 0 Å². The van der Waals surface area contributed by atoms with E-state index in [4.69, 9.17) is 0 Å². The highest BCUT2D eigenvalue weighted by molar-refractivity contribution is 5.76. The molecule has 0 aliphatic rings. The first-order chi connectivity index (χ1) is 7.13. The van der Waals surface area contributed by atoms with Gasteiger partial charge >= 0.3 is 0 Å². The van der Waals surface area contributed by atoms with E-state index in [1.165, 1.54) is 12.1 Å². The lowest BCUT2D eigenvalue weighted by Crippen LogP contribution is -2.20. The molecule has 0 spiro atoms. The Morgan fingerprint density at radius 3 is 2.80 bits per heavy atom. The fourth-order valence-corrected chi connectivity index (χ4v) is 1.26. The number of rotatable bonds is 4. The first kappa shape index (κ1) is 11.5. The lowest BCUT2D eigenvalue weighted by Gasteiger charge is -2.08. The number of aryl methyl sites for hydroxylation is 1. The minimum absolute atomic E-state index is 0.0118. The molecule has 0 atom stereocenters. The molecule has 0 saturated heterocycles.